The average Bonchev–Trinajstić information content (AvgIpc) is 1.82. The minimum absolute atomic E-state index is 0.344. The highest BCUT2D eigenvalue weighted by Crippen LogP contribution is 2.31. The maximum absolute atomic E-state index is 10.9. The maximum Gasteiger partial charge on any atom is 0.233 e. The van der Waals surface area contributed by atoms with Crippen LogP contribution in [-0.2, 0) is 9.59 Å². The van der Waals surface area contributed by atoms with E-state index in [0.717, 1.165) is 18.4 Å². The molecule has 0 aromatic rings. The zero-order chi connectivity index (χ0) is 7.14. The zero-order valence-electron chi connectivity index (χ0n) is 5.31. The van der Waals surface area contributed by atoms with Crippen molar-refractivity contribution in [2.45, 2.75) is 12.8 Å². The predicted octanol–water partition coefficient (Wildman–Crippen LogP) is 0.588. The van der Waals surface area contributed by atoms with E-state index in [4.69, 9.17) is 0 Å². The first-order valence-corrected chi connectivity index (χ1v) is 3.19. The van der Waals surface area contributed by atoms with Gasteiger partial charge in [-0.05, 0) is 24.5 Å². The summed E-state index contributed by atoms with van der Waals surface area (Å²) in [6.07, 6.45) is 5.73. The van der Waals surface area contributed by atoms with E-state index >= 15 is 0 Å². The lowest BCUT2D eigenvalue weighted by Gasteiger charge is -2.21. The van der Waals surface area contributed by atoms with Crippen LogP contribution in [-0.4, -0.2) is 11.6 Å². The fraction of sp³-hybridized carbons (Fsp3) is 0.250. The highest BCUT2D eigenvalue weighted by molar-refractivity contribution is 6.47. The molecule has 0 aromatic heterocycles. The first-order chi connectivity index (χ1) is 4.79. The van der Waals surface area contributed by atoms with Crippen LogP contribution in [0.4, 0.5) is 0 Å². The molecular weight excluding hydrogens is 128 g/mol. The average molecular weight is 133 g/mol. The molecule has 0 bridgehead atoms. The minimum atomic E-state index is -0.488. The molecule has 0 N–H and O–H groups in total. The van der Waals surface area contributed by atoms with Gasteiger partial charge in [-0.3, -0.25) is 9.59 Å². The van der Waals surface area contributed by atoms with Crippen LogP contribution in [0.3, 0.4) is 0 Å². The van der Waals surface area contributed by atoms with Crippen LogP contribution < -0.4 is 0 Å². The molecule has 0 unspecified atom stereocenters. The Morgan fingerprint density at radius 1 is 1.30 bits per heavy atom. The molecule has 1 radical (unpaired) electrons. The Balaban J connectivity index is 2.48. The largest absolute Gasteiger partial charge is 0.285 e. The smallest absolute Gasteiger partial charge is 0.233 e. The molecule has 0 atom stereocenters. The number of rotatable bonds is 0. The highest BCUT2D eigenvalue weighted by Gasteiger charge is 2.28. The van der Waals surface area contributed by atoms with E-state index in [-0.39, 0.29) is 5.78 Å². The van der Waals surface area contributed by atoms with E-state index in [1.807, 2.05) is 0 Å². The standard InChI is InChI=1S/C8H5O2/c9-7-4-2-5-1-3-6(5)8(7)10/h2H,1,3H2. The Bertz CT molecular complexity index is 282. The van der Waals surface area contributed by atoms with Gasteiger partial charge in [0, 0.05) is 11.6 Å². The topological polar surface area (TPSA) is 34.1 Å². The van der Waals surface area contributed by atoms with E-state index in [1.54, 1.807) is 6.08 Å². The van der Waals surface area contributed by atoms with Gasteiger partial charge >= 0.3 is 0 Å². The molecular formula is C8H5O2. The molecule has 0 spiro atoms. The Hall–Kier alpha value is -1.18. The second kappa shape index (κ2) is 1.66. The lowest BCUT2D eigenvalue weighted by molar-refractivity contribution is -0.132. The summed E-state index contributed by atoms with van der Waals surface area (Å²) in [5, 5.41) is 0. The van der Waals surface area contributed by atoms with Crippen molar-refractivity contribution in [3.05, 3.63) is 23.3 Å². The Morgan fingerprint density at radius 2 is 2.10 bits per heavy atom. The number of ketones is 2. The molecule has 0 aliphatic heterocycles. The zero-order valence-corrected chi connectivity index (χ0v) is 5.31. The lowest BCUT2D eigenvalue weighted by Crippen LogP contribution is -2.23. The fourth-order valence-corrected chi connectivity index (χ4v) is 1.17. The summed E-state index contributed by atoms with van der Waals surface area (Å²) in [7, 11) is 0. The van der Waals surface area contributed by atoms with E-state index in [1.165, 1.54) is 0 Å². The summed E-state index contributed by atoms with van der Waals surface area (Å²) in [6, 6.07) is 0. The van der Waals surface area contributed by atoms with Gasteiger partial charge < -0.3 is 0 Å². The molecule has 2 aliphatic carbocycles. The van der Waals surface area contributed by atoms with Crippen LogP contribution in [0.25, 0.3) is 0 Å². The van der Waals surface area contributed by atoms with Crippen LogP contribution in [0.15, 0.2) is 17.2 Å². The van der Waals surface area contributed by atoms with Gasteiger partial charge in [-0.2, -0.15) is 0 Å². The van der Waals surface area contributed by atoms with Gasteiger partial charge in [0.15, 0.2) is 0 Å². The molecule has 2 aliphatic rings. The third-order valence-corrected chi connectivity index (χ3v) is 1.89. The van der Waals surface area contributed by atoms with Crippen molar-refractivity contribution in [3.8, 4) is 0 Å². The van der Waals surface area contributed by atoms with Crippen LogP contribution in [0.5, 0.6) is 0 Å². The molecule has 2 rings (SSSR count). The fourth-order valence-electron chi connectivity index (χ4n) is 1.17. The second-order valence-corrected chi connectivity index (χ2v) is 2.45. The third kappa shape index (κ3) is 0.533. The molecule has 0 saturated carbocycles. The van der Waals surface area contributed by atoms with Crippen molar-refractivity contribution in [1.29, 1.82) is 0 Å². The van der Waals surface area contributed by atoms with Crippen molar-refractivity contribution < 1.29 is 9.59 Å². The summed E-state index contributed by atoms with van der Waals surface area (Å²) in [6.45, 7) is 0. The van der Waals surface area contributed by atoms with Gasteiger partial charge in [0.1, 0.15) is 0 Å². The summed E-state index contributed by atoms with van der Waals surface area (Å²) in [5.74, 6) is -0.831. The van der Waals surface area contributed by atoms with Gasteiger partial charge in [-0.15, -0.1) is 0 Å². The normalized spacial score (nSPS) is 22.8. The molecule has 0 heterocycles. The van der Waals surface area contributed by atoms with Crippen molar-refractivity contribution in [2.75, 3.05) is 0 Å². The number of carbonyl (C=O) groups is 2. The molecule has 10 heavy (non-hydrogen) atoms. The second-order valence-electron chi connectivity index (χ2n) is 2.45. The van der Waals surface area contributed by atoms with Crippen LogP contribution in [0.1, 0.15) is 12.8 Å². The number of carbonyl (C=O) groups excluding carboxylic acids is 2. The molecule has 0 amide bonds. The van der Waals surface area contributed by atoms with Crippen molar-refractivity contribution in [2.24, 2.45) is 0 Å². The number of hydrogen-bond donors (Lipinski definition) is 0. The monoisotopic (exact) mass is 133 g/mol. The van der Waals surface area contributed by atoms with Crippen LogP contribution in [0.2, 0.25) is 0 Å². The third-order valence-electron chi connectivity index (χ3n) is 1.89. The predicted molar refractivity (Wildman–Crippen MR) is 34.1 cm³/mol. The molecule has 2 heteroatoms. The van der Waals surface area contributed by atoms with Crippen LogP contribution >= 0.6 is 0 Å². The molecule has 2 nitrogen and oxygen atoms in total. The summed E-state index contributed by atoms with van der Waals surface area (Å²) < 4.78 is 0. The Labute approximate surface area is 58.2 Å². The van der Waals surface area contributed by atoms with E-state index in [0.29, 0.717) is 5.57 Å². The maximum atomic E-state index is 10.9. The van der Waals surface area contributed by atoms with E-state index in [2.05, 4.69) is 6.08 Å². The SMILES string of the molecule is O=C1[C]=CC2=C(CC2)C1=O. The van der Waals surface area contributed by atoms with Gasteiger partial charge in [0.25, 0.3) is 0 Å². The van der Waals surface area contributed by atoms with Crippen molar-refractivity contribution in [3.63, 3.8) is 0 Å². The quantitative estimate of drug-likeness (QED) is 0.358. The highest BCUT2D eigenvalue weighted by atomic mass is 16.2. The molecule has 0 fully saturated rings. The van der Waals surface area contributed by atoms with Crippen molar-refractivity contribution in [1.82, 2.24) is 0 Å². The van der Waals surface area contributed by atoms with E-state index < -0.39 is 5.78 Å². The van der Waals surface area contributed by atoms with Crippen molar-refractivity contribution >= 4 is 11.6 Å². The minimum Gasteiger partial charge on any atom is -0.285 e. The molecule has 0 saturated heterocycles. The Morgan fingerprint density at radius 3 is 2.60 bits per heavy atom. The summed E-state index contributed by atoms with van der Waals surface area (Å²) in [5.41, 5.74) is 1.72. The number of Topliss-reactive ketones (excluding diaryl/α,β-unsaturated/α-hetero) is 2. The van der Waals surface area contributed by atoms with Gasteiger partial charge in [0.2, 0.25) is 11.6 Å². The van der Waals surface area contributed by atoms with Gasteiger partial charge in [-0.1, -0.05) is 0 Å². The van der Waals surface area contributed by atoms with E-state index in [9.17, 15) is 9.59 Å². The lowest BCUT2D eigenvalue weighted by atomic mass is 9.81. The van der Waals surface area contributed by atoms with Gasteiger partial charge in [-0.25, -0.2) is 0 Å². The summed E-state index contributed by atoms with van der Waals surface area (Å²) >= 11 is 0. The molecule has 49 valence electrons. The molecule has 0 aromatic carbocycles. The number of allylic oxidation sites excluding steroid dienone is 4. The first kappa shape index (κ1) is 5.59. The first-order valence-electron chi connectivity index (χ1n) is 3.19. The Kier molecular flexibility index (Phi) is 0.926. The summed E-state index contributed by atoms with van der Waals surface area (Å²) in [4.78, 5) is 21.6. The van der Waals surface area contributed by atoms with Crippen LogP contribution in [0, 0.1) is 6.08 Å². The van der Waals surface area contributed by atoms with Gasteiger partial charge in [0.05, 0.1) is 0 Å². The number of hydrogen-bond acceptors (Lipinski definition) is 2.